The lowest BCUT2D eigenvalue weighted by molar-refractivity contribution is 0.0643. The maximum absolute atomic E-state index is 15.0. The van der Waals surface area contributed by atoms with Crippen LogP contribution in [-0.2, 0) is 0 Å². The van der Waals surface area contributed by atoms with Crippen LogP contribution in [-0.4, -0.2) is 88.1 Å². The number of amides is 1. The molecule has 9 nitrogen and oxygen atoms in total. The van der Waals surface area contributed by atoms with Crippen molar-refractivity contribution in [2.24, 2.45) is 4.99 Å². The smallest absolute Gasteiger partial charge is 0.255 e. The van der Waals surface area contributed by atoms with E-state index in [1.54, 1.807) is 18.2 Å². The lowest BCUT2D eigenvalue weighted by Gasteiger charge is -2.34. The SMILES string of the molecule is CCN1CCN(C(=O)c2ccc(Nc3ncc(F)c(-c4cc(F)c5c(c4)C(N(C)C)C(C)=N5)n3)nc2)CC1. The number of pyridine rings is 1. The molecular weight excluding hydrogens is 490 g/mol. The van der Waals surface area contributed by atoms with E-state index >= 15 is 0 Å². The first-order chi connectivity index (χ1) is 18.2. The summed E-state index contributed by atoms with van der Waals surface area (Å²) in [6.45, 7) is 8.01. The van der Waals surface area contributed by atoms with Crippen LogP contribution in [0.2, 0.25) is 0 Å². The van der Waals surface area contributed by atoms with Crippen molar-refractivity contribution in [1.29, 1.82) is 0 Å². The first-order valence-electron chi connectivity index (χ1n) is 12.6. The second kappa shape index (κ2) is 10.5. The fraction of sp³-hybridized carbons (Fsp3) is 0.370. The molecule has 1 unspecified atom stereocenters. The number of likely N-dealkylation sites (N-methyl/N-ethyl adjacent to an activating group) is 1. The minimum Gasteiger partial charge on any atom is -0.336 e. The highest BCUT2D eigenvalue weighted by Gasteiger charge is 2.30. The highest BCUT2D eigenvalue weighted by atomic mass is 19.1. The van der Waals surface area contributed by atoms with E-state index in [1.807, 2.05) is 30.8 Å². The molecular formula is C27H30F2N8O. The minimum atomic E-state index is -0.677. The molecule has 11 heteroatoms. The van der Waals surface area contributed by atoms with E-state index < -0.39 is 11.6 Å². The van der Waals surface area contributed by atoms with Gasteiger partial charge in [0.1, 0.15) is 23.0 Å². The van der Waals surface area contributed by atoms with Crippen LogP contribution in [0.25, 0.3) is 11.3 Å². The first kappa shape index (κ1) is 25.8. The molecule has 0 aliphatic carbocycles. The summed E-state index contributed by atoms with van der Waals surface area (Å²) < 4.78 is 29.8. The molecule has 2 aliphatic heterocycles. The van der Waals surface area contributed by atoms with Crippen molar-refractivity contribution in [2.75, 3.05) is 52.1 Å². The van der Waals surface area contributed by atoms with E-state index in [-0.39, 0.29) is 34.8 Å². The number of rotatable bonds is 6. The Hall–Kier alpha value is -3.83. The van der Waals surface area contributed by atoms with Gasteiger partial charge in [-0.15, -0.1) is 0 Å². The monoisotopic (exact) mass is 520 g/mol. The molecule has 2 aromatic heterocycles. The first-order valence-corrected chi connectivity index (χ1v) is 12.6. The number of hydrogen-bond acceptors (Lipinski definition) is 8. The van der Waals surface area contributed by atoms with Crippen molar-refractivity contribution < 1.29 is 13.6 Å². The zero-order chi connectivity index (χ0) is 27.0. The summed E-state index contributed by atoms with van der Waals surface area (Å²) >= 11 is 0. The Morgan fingerprint density at radius 1 is 1.08 bits per heavy atom. The summed E-state index contributed by atoms with van der Waals surface area (Å²) in [5.74, 6) is -0.780. The number of nitrogens with one attached hydrogen (secondary N) is 1. The predicted octanol–water partition coefficient (Wildman–Crippen LogP) is 4.05. The van der Waals surface area contributed by atoms with E-state index in [0.29, 0.717) is 30.0 Å². The molecule has 1 saturated heterocycles. The number of aromatic nitrogens is 3. The summed E-state index contributed by atoms with van der Waals surface area (Å²) in [7, 11) is 3.77. The van der Waals surface area contributed by atoms with E-state index in [9.17, 15) is 13.6 Å². The van der Waals surface area contributed by atoms with Gasteiger partial charge < -0.3 is 15.1 Å². The van der Waals surface area contributed by atoms with Gasteiger partial charge in [-0.2, -0.15) is 0 Å². The topological polar surface area (TPSA) is 89.8 Å². The lowest BCUT2D eigenvalue weighted by Crippen LogP contribution is -2.48. The van der Waals surface area contributed by atoms with Gasteiger partial charge in [0.2, 0.25) is 5.95 Å². The van der Waals surface area contributed by atoms with E-state index in [1.165, 1.54) is 12.3 Å². The molecule has 38 heavy (non-hydrogen) atoms. The summed E-state index contributed by atoms with van der Waals surface area (Å²) in [5.41, 5.74) is 2.43. The minimum absolute atomic E-state index is 0.0377. The van der Waals surface area contributed by atoms with E-state index in [0.717, 1.165) is 31.5 Å². The van der Waals surface area contributed by atoms with Crippen LogP contribution < -0.4 is 5.32 Å². The van der Waals surface area contributed by atoms with Crippen molar-refractivity contribution in [3.05, 3.63) is 59.4 Å². The van der Waals surface area contributed by atoms with Gasteiger partial charge in [0, 0.05) is 49.2 Å². The third-order valence-corrected chi connectivity index (χ3v) is 6.96. The normalized spacial score (nSPS) is 17.5. The van der Waals surface area contributed by atoms with Gasteiger partial charge in [0.25, 0.3) is 5.91 Å². The highest BCUT2D eigenvalue weighted by molar-refractivity contribution is 5.97. The number of halogens is 2. The Morgan fingerprint density at radius 3 is 2.50 bits per heavy atom. The predicted molar refractivity (Wildman–Crippen MR) is 142 cm³/mol. The molecule has 198 valence electrons. The van der Waals surface area contributed by atoms with Gasteiger partial charge in [0.05, 0.1) is 17.8 Å². The Labute approximate surface area is 220 Å². The second-order valence-corrected chi connectivity index (χ2v) is 9.69. The number of nitrogens with zero attached hydrogens (tertiary/aromatic N) is 7. The molecule has 0 spiro atoms. The number of aliphatic imine (C=N–C) groups is 1. The van der Waals surface area contributed by atoms with Gasteiger partial charge in [-0.3, -0.25) is 14.7 Å². The van der Waals surface area contributed by atoms with Crippen LogP contribution in [0.1, 0.15) is 35.8 Å². The van der Waals surface area contributed by atoms with Gasteiger partial charge in [-0.1, -0.05) is 6.92 Å². The maximum Gasteiger partial charge on any atom is 0.255 e. The van der Waals surface area contributed by atoms with Crippen LogP contribution in [0.5, 0.6) is 0 Å². The van der Waals surface area contributed by atoms with Crippen molar-refractivity contribution in [1.82, 2.24) is 29.7 Å². The summed E-state index contributed by atoms with van der Waals surface area (Å²) in [5, 5.41) is 2.95. The van der Waals surface area contributed by atoms with E-state index in [2.05, 4.69) is 37.1 Å². The van der Waals surface area contributed by atoms with Gasteiger partial charge in [0.15, 0.2) is 5.82 Å². The van der Waals surface area contributed by atoms with Gasteiger partial charge in [-0.05, 0) is 51.8 Å². The molecule has 1 N–H and O–H groups in total. The number of carbonyl (C=O) groups is 1. The number of fused-ring (bicyclic) bond motifs is 1. The molecule has 4 heterocycles. The quantitative estimate of drug-likeness (QED) is 0.525. The summed E-state index contributed by atoms with van der Waals surface area (Å²) in [6.07, 6.45) is 2.54. The Balaban J connectivity index is 1.34. The zero-order valence-electron chi connectivity index (χ0n) is 21.9. The molecule has 0 saturated carbocycles. The lowest BCUT2D eigenvalue weighted by atomic mass is 9.99. The molecule has 1 aromatic carbocycles. The fourth-order valence-electron chi connectivity index (χ4n) is 4.99. The number of hydrogen-bond donors (Lipinski definition) is 1. The maximum atomic E-state index is 15.0. The fourth-order valence-corrected chi connectivity index (χ4v) is 4.99. The third kappa shape index (κ3) is 4.99. The van der Waals surface area contributed by atoms with Crippen LogP contribution >= 0.6 is 0 Å². The van der Waals surface area contributed by atoms with Crippen LogP contribution in [0.4, 0.5) is 26.2 Å². The number of benzene rings is 1. The van der Waals surface area contributed by atoms with Crippen LogP contribution in [0.3, 0.4) is 0 Å². The molecule has 1 fully saturated rings. The largest absolute Gasteiger partial charge is 0.336 e. The standard InChI is InChI=1S/C27H30F2N8O/c1-5-36-8-10-37(11-9-36)26(38)17-6-7-22(30-14-17)33-27-31-15-21(29)23(34-27)18-12-19-24(20(28)13-18)32-16(2)25(19)35(3)4/h6-7,12-15,25H,5,8-11H2,1-4H3,(H,30,31,33,34). The number of anilines is 2. The molecule has 3 aromatic rings. The van der Waals surface area contributed by atoms with E-state index in [4.69, 9.17) is 0 Å². The Morgan fingerprint density at radius 2 is 1.84 bits per heavy atom. The molecule has 1 amide bonds. The molecule has 0 bridgehead atoms. The number of carbonyl (C=O) groups excluding carboxylic acids is 1. The van der Waals surface area contributed by atoms with Crippen LogP contribution in [0, 0.1) is 11.6 Å². The molecule has 0 radical (unpaired) electrons. The molecule has 5 rings (SSSR count). The van der Waals surface area contributed by atoms with Gasteiger partial charge in [-0.25, -0.2) is 23.7 Å². The average Bonchev–Trinajstić information content (AvgIpc) is 3.26. The highest BCUT2D eigenvalue weighted by Crippen LogP contribution is 2.41. The third-order valence-electron chi connectivity index (χ3n) is 6.96. The Kier molecular flexibility index (Phi) is 7.13. The summed E-state index contributed by atoms with van der Waals surface area (Å²) in [4.78, 5) is 35.9. The number of piperazine rings is 1. The second-order valence-electron chi connectivity index (χ2n) is 9.69. The van der Waals surface area contributed by atoms with Gasteiger partial charge >= 0.3 is 0 Å². The van der Waals surface area contributed by atoms with Crippen LogP contribution in [0.15, 0.2) is 41.7 Å². The van der Waals surface area contributed by atoms with Crippen molar-refractivity contribution >= 4 is 29.1 Å². The zero-order valence-corrected chi connectivity index (χ0v) is 21.9. The molecule has 1 atom stereocenters. The summed E-state index contributed by atoms with van der Waals surface area (Å²) in [6, 6.07) is 6.09. The average molecular weight is 521 g/mol. The van der Waals surface area contributed by atoms with Crippen molar-refractivity contribution in [2.45, 2.75) is 19.9 Å². The molecule has 2 aliphatic rings. The van der Waals surface area contributed by atoms with Crippen molar-refractivity contribution in [3.8, 4) is 11.3 Å². The van der Waals surface area contributed by atoms with Crippen molar-refractivity contribution in [3.63, 3.8) is 0 Å². The Bertz CT molecular complexity index is 1380.